The van der Waals surface area contributed by atoms with Crippen molar-refractivity contribution in [1.29, 1.82) is 0 Å². The zero-order valence-corrected chi connectivity index (χ0v) is 17.9. The van der Waals surface area contributed by atoms with Crippen molar-refractivity contribution >= 4 is 5.91 Å². The molecule has 5 nitrogen and oxygen atoms in total. The molecule has 0 aliphatic carbocycles. The van der Waals surface area contributed by atoms with Crippen molar-refractivity contribution in [2.45, 2.75) is 52.4 Å². The van der Waals surface area contributed by atoms with E-state index in [0.717, 1.165) is 56.8 Å². The zero-order chi connectivity index (χ0) is 20.3. The molecule has 29 heavy (non-hydrogen) atoms. The van der Waals surface area contributed by atoms with Crippen LogP contribution in [0.15, 0.2) is 30.3 Å². The Hall–Kier alpha value is -2.14. The Labute approximate surface area is 174 Å². The monoisotopic (exact) mass is 394 g/mol. The normalized spacial score (nSPS) is 22.5. The molecular formula is C24H34N4O. The van der Waals surface area contributed by atoms with Crippen LogP contribution in [0.25, 0.3) is 0 Å². The Morgan fingerprint density at radius 2 is 1.93 bits per heavy atom. The number of nitrogens with one attached hydrogen (secondary N) is 1. The second kappa shape index (κ2) is 8.70. The van der Waals surface area contributed by atoms with Gasteiger partial charge in [0.2, 0.25) is 5.91 Å². The van der Waals surface area contributed by atoms with Crippen molar-refractivity contribution in [3.8, 4) is 0 Å². The summed E-state index contributed by atoms with van der Waals surface area (Å²) in [5, 5.41) is 7.38. The number of nitrogens with zero attached hydrogens (tertiary/aromatic N) is 3. The van der Waals surface area contributed by atoms with E-state index in [4.69, 9.17) is 0 Å². The predicted octanol–water partition coefficient (Wildman–Crippen LogP) is 3.52. The quantitative estimate of drug-likeness (QED) is 0.816. The number of H-pyrrole nitrogens is 1. The molecule has 0 bridgehead atoms. The first-order valence-electron chi connectivity index (χ1n) is 11.1. The van der Waals surface area contributed by atoms with Gasteiger partial charge in [-0.2, -0.15) is 5.10 Å². The van der Waals surface area contributed by atoms with Gasteiger partial charge in [-0.3, -0.25) is 9.89 Å². The van der Waals surface area contributed by atoms with Crippen LogP contribution in [0.2, 0.25) is 0 Å². The molecule has 156 valence electrons. The van der Waals surface area contributed by atoms with Crippen LogP contribution in [0.1, 0.15) is 48.2 Å². The maximum atomic E-state index is 12.8. The van der Waals surface area contributed by atoms with Crippen LogP contribution in [0.4, 0.5) is 0 Å². The highest BCUT2D eigenvalue weighted by atomic mass is 16.2. The van der Waals surface area contributed by atoms with Gasteiger partial charge in [0.05, 0.1) is 5.69 Å². The number of aromatic nitrogens is 2. The molecule has 1 aromatic carbocycles. The van der Waals surface area contributed by atoms with Gasteiger partial charge in [-0.05, 0) is 57.2 Å². The molecule has 2 fully saturated rings. The third kappa shape index (κ3) is 4.72. The smallest absolute Gasteiger partial charge is 0.222 e. The largest absolute Gasteiger partial charge is 0.342 e. The maximum Gasteiger partial charge on any atom is 0.222 e. The maximum absolute atomic E-state index is 12.8. The number of carbonyl (C=O) groups is 1. The van der Waals surface area contributed by atoms with Gasteiger partial charge < -0.3 is 9.80 Å². The average Bonchev–Trinajstić information content (AvgIpc) is 3.29. The number of carbonyl (C=O) groups excluding carboxylic acids is 1. The van der Waals surface area contributed by atoms with Crippen LogP contribution < -0.4 is 0 Å². The minimum atomic E-state index is 0.295. The number of hydrogen-bond acceptors (Lipinski definition) is 3. The van der Waals surface area contributed by atoms with Gasteiger partial charge in [-0.15, -0.1) is 0 Å². The van der Waals surface area contributed by atoms with Crippen LogP contribution in [-0.2, 0) is 17.6 Å². The van der Waals surface area contributed by atoms with E-state index in [-0.39, 0.29) is 0 Å². The van der Waals surface area contributed by atoms with E-state index >= 15 is 0 Å². The zero-order valence-electron chi connectivity index (χ0n) is 17.9. The minimum absolute atomic E-state index is 0.295. The SMILES string of the molecule is Cc1[nH]nc(CCC(=O)N2CC[C@@]3(CCCN(CCc4ccccc4)C3)C2)c1C. The van der Waals surface area contributed by atoms with Crippen molar-refractivity contribution in [1.82, 2.24) is 20.0 Å². The van der Waals surface area contributed by atoms with E-state index < -0.39 is 0 Å². The van der Waals surface area contributed by atoms with Crippen LogP contribution in [-0.4, -0.2) is 58.6 Å². The van der Waals surface area contributed by atoms with Crippen molar-refractivity contribution in [3.63, 3.8) is 0 Å². The van der Waals surface area contributed by atoms with Gasteiger partial charge in [0, 0.05) is 50.1 Å². The first kappa shape index (κ1) is 20.1. The summed E-state index contributed by atoms with van der Waals surface area (Å²) in [5.41, 5.74) is 5.06. The third-order valence-electron chi connectivity index (χ3n) is 7.02. The molecule has 2 saturated heterocycles. The fourth-order valence-corrected chi connectivity index (χ4v) is 5.08. The van der Waals surface area contributed by atoms with Crippen LogP contribution in [0.5, 0.6) is 0 Å². The molecule has 1 amide bonds. The number of hydrogen-bond donors (Lipinski definition) is 1. The summed E-state index contributed by atoms with van der Waals surface area (Å²) in [6.45, 7) is 9.43. The van der Waals surface area contributed by atoms with Crippen molar-refractivity contribution < 1.29 is 4.79 Å². The molecular weight excluding hydrogens is 360 g/mol. The van der Waals surface area contributed by atoms with Crippen molar-refractivity contribution in [2.75, 3.05) is 32.7 Å². The standard InChI is InChI=1S/C24H34N4O/c1-19-20(2)25-26-22(19)9-10-23(29)28-16-13-24(18-28)12-6-14-27(17-24)15-11-21-7-4-3-5-8-21/h3-5,7-8H,6,9-18H2,1-2H3,(H,25,26)/t24-/m1/s1. The summed E-state index contributed by atoms with van der Waals surface area (Å²) in [6, 6.07) is 10.8. The minimum Gasteiger partial charge on any atom is -0.342 e. The lowest BCUT2D eigenvalue weighted by molar-refractivity contribution is -0.130. The molecule has 1 spiro atoms. The summed E-state index contributed by atoms with van der Waals surface area (Å²) in [5.74, 6) is 0.295. The van der Waals surface area contributed by atoms with Crippen LogP contribution in [0, 0.1) is 19.3 Å². The molecule has 0 unspecified atom stereocenters. The molecule has 4 rings (SSSR count). The number of rotatable bonds is 6. The van der Waals surface area contributed by atoms with Gasteiger partial charge in [-0.25, -0.2) is 0 Å². The second-order valence-electron chi connectivity index (χ2n) is 9.10. The molecule has 0 saturated carbocycles. The molecule has 3 heterocycles. The van der Waals surface area contributed by atoms with Crippen LogP contribution >= 0.6 is 0 Å². The molecule has 2 aromatic rings. The van der Waals surface area contributed by atoms with E-state index in [1.165, 1.54) is 30.5 Å². The van der Waals surface area contributed by atoms with Gasteiger partial charge in [0.15, 0.2) is 0 Å². The Balaban J connectivity index is 1.28. The van der Waals surface area contributed by atoms with Crippen molar-refractivity contribution in [3.05, 3.63) is 52.8 Å². The Bertz CT molecular complexity index is 831. The summed E-state index contributed by atoms with van der Waals surface area (Å²) in [7, 11) is 0. The van der Waals surface area contributed by atoms with Gasteiger partial charge in [0.25, 0.3) is 0 Å². The van der Waals surface area contributed by atoms with Gasteiger partial charge in [0.1, 0.15) is 0 Å². The lowest BCUT2D eigenvalue weighted by atomic mass is 9.79. The Morgan fingerprint density at radius 1 is 1.10 bits per heavy atom. The third-order valence-corrected chi connectivity index (χ3v) is 7.02. The van der Waals surface area contributed by atoms with E-state index in [2.05, 4.69) is 57.3 Å². The summed E-state index contributed by atoms with van der Waals surface area (Å²) < 4.78 is 0. The van der Waals surface area contributed by atoms with Crippen molar-refractivity contribution in [2.24, 2.45) is 5.41 Å². The molecule has 1 N–H and O–H groups in total. The number of amides is 1. The lowest BCUT2D eigenvalue weighted by Crippen LogP contribution is -2.46. The number of aryl methyl sites for hydroxylation is 2. The number of likely N-dealkylation sites (tertiary alicyclic amines) is 2. The highest BCUT2D eigenvalue weighted by Gasteiger charge is 2.42. The van der Waals surface area contributed by atoms with E-state index in [1.807, 2.05) is 6.92 Å². The fourth-order valence-electron chi connectivity index (χ4n) is 5.08. The van der Waals surface area contributed by atoms with E-state index in [9.17, 15) is 4.79 Å². The van der Waals surface area contributed by atoms with Crippen LogP contribution in [0.3, 0.4) is 0 Å². The Morgan fingerprint density at radius 3 is 2.69 bits per heavy atom. The number of benzene rings is 1. The molecule has 0 radical (unpaired) electrons. The predicted molar refractivity (Wildman–Crippen MR) is 116 cm³/mol. The molecule has 5 heteroatoms. The fraction of sp³-hybridized carbons (Fsp3) is 0.583. The van der Waals surface area contributed by atoms with Gasteiger partial charge in [-0.1, -0.05) is 30.3 Å². The highest BCUT2D eigenvalue weighted by Crippen LogP contribution is 2.39. The summed E-state index contributed by atoms with van der Waals surface area (Å²) in [6.07, 6.45) is 6.09. The topological polar surface area (TPSA) is 52.2 Å². The second-order valence-corrected chi connectivity index (χ2v) is 9.10. The van der Waals surface area contributed by atoms with E-state index in [1.54, 1.807) is 0 Å². The van der Waals surface area contributed by atoms with E-state index in [0.29, 0.717) is 17.7 Å². The summed E-state index contributed by atoms with van der Waals surface area (Å²) in [4.78, 5) is 17.6. The number of piperidine rings is 1. The molecule has 2 aliphatic heterocycles. The average molecular weight is 395 g/mol. The number of aromatic amines is 1. The molecule has 1 aromatic heterocycles. The van der Waals surface area contributed by atoms with Gasteiger partial charge >= 0.3 is 0 Å². The first-order chi connectivity index (χ1) is 14.0. The summed E-state index contributed by atoms with van der Waals surface area (Å²) >= 11 is 0. The first-order valence-corrected chi connectivity index (χ1v) is 11.1. The molecule has 1 atom stereocenters. The highest BCUT2D eigenvalue weighted by molar-refractivity contribution is 5.76. The Kier molecular flexibility index (Phi) is 6.04. The molecule has 2 aliphatic rings. The lowest BCUT2D eigenvalue weighted by Gasteiger charge is -2.40.